The number of rotatable bonds is 7. The molecule has 0 aliphatic carbocycles. The molecule has 0 atom stereocenters. The standard InChI is InChI=1S/C29H24FN3O3/c1-33(20-7-5-4-6-8-20)21-10-11-24(32-18-21)19-9-12-27(23(30)15-19)36-26-13-14-31-25-17-29(35-3)28(34-2)16-22(25)26/h4-18H,1-3H3. The first kappa shape index (κ1) is 23.1. The van der Waals surface area contributed by atoms with E-state index in [1.807, 2.05) is 54.4 Å². The highest BCUT2D eigenvalue weighted by Gasteiger charge is 2.14. The molecular weight excluding hydrogens is 457 g/mol. The number of para-hydroxylation sites is 1. The Morgan fingerprint density at radius 1 is 0.722 bits per heavy atom. The van der Waals surface area contributed by atoms with Gasteiger partial charge in [-0.3, -0.25) is 9.97 Å². The topological polar surface area (TPSA) is 56.7 Å². The molecule has 5 rings (SSSR count). The predicted octanol–water partition coefficient (Wildman–Crippen LogP) is 7.01. The third kappa shape index (κ3) is 4.51. The fourth-order valence-corrected chi connectivity index (χ4v) is 3.95. The number of halogens is 1. The number of hydrogen-bond donors (Lipinski definition) is 0. The van der Waals surface area contributed by atoms with Crippen LogP contribution in [0.2, 0.25) is 0 Å². The van der Waals surface area contributed by atoms with Gasteiger partial charge in [0.05, 0.1) is 37.3 Å². The Hall–Kier alpha value is -4.65. The molecule has 180 valence electrons. The molecule has 7 heteroatoms. The van der Waals surface area contributed by atoms with E-state index in [9.17, 15) is 0 Å². The lowest BCUT2D eigenvalue weighted by molar-refractivity contribution is 0.355. The number of aromatic nitrogens is 2. The van der Waals surface area contributed by atoms with Gasteiger partial charge in [0.2, 0.25) is 0 Å². The van der Waals surface area contributed by atoms with Gasteiger partial charge in [-0.1, -0.05) is 18.2 Å². The normalized spacial score (nSPS) is 10.8. The number of nitrogens with zero attached hydrogens (tertiary/aromatic N) is 3. The Kier molecular flexibility index (Phi) is 6.36. The number of fused-ring (bicyclic) bond motifs is 1. The average molecular weight is 482 g/mol. The fourth-order valence-electron chi connectivity index (χ4n) is 3.95. The van der Waals surface area contributed by atoms with Gasteiger partial charge in [-0.25, -0.2) is 4.39 Å². The lowest BCUT2D eigenvalue weighted by atomic mass is 10.1. The van der Waals surface area contributed by atoms with E-state index < -0.39 is 5.82 Å². The van der Waals surface area contributed by atoms with Crippen LogP contribution in [0.5, 0.6) is 23.0 Å². The summed E-state index contributed by atoms with van der Waals surface area (Å²) in [6, 6.07) is 23.9. The highest BCUT2D eigenvalue weighted by Crippen LogP contribution is 2.38. The molecule has 0 amide bonds. The van der Waals surface area contributed by atoms with Gasteiger partial charge < -0.3 is 19.1 Å². The number of pyridine rings is 2. The Balaban J connectivity index is 1.40. The second kappa shape index (κ2) is 9.92. The lowest BCUT2D eigenvalue weighted by Gasteiger charge is -2.19. The van der Waals surface area contributed by atoms with E-state index in [1.54, 1.807) is 56.9 Å². The summed E-state index contributed by atoms with van der Waals surface area (Å²) in [5.74, 6) is 1.15. The van der Waals surface area contributed by atoms with E-state index in [0.29, 0.717) is 39.4 Å². The van der Waals surface area contributed by atoms with Crippen molar-refractivity contribution in [2.75, 3.05) is 26.2 Å². The van der Waals surface area contributed by atoms with Crippen LogP contribution < -0.4 is 19.1 Å². The van der Waals surface area contributed by atoms with Crippen molar-refractivity contribution in [1.29, 1.82) is 0 Å². The van der Waals surface area contributed by atoms with Gasteiger partial charge in [-0.15, -0.1) is 0 Å². The maximum Gasteiger partial charge on any atom is 0.166 e. The average Bonchev–Trinajstić information content (AvgIpc) is 2.93. The number of hydrogen-bond acceptors (Lipinski definition) is 6. The zero-order valence-corrected chi connectivity index (χ0v) is 20.1. The molecule has 6 nitrogen and oxygen atoms in total. The first-order valence-electron chi connectivity index (χ1n) is 11.3. The summed E-state index contributed by atoms with van der Waals surface area (Å²) in [6.07, 6.45) is 3.38. The lowest BCUT2D eigenvalue weighted by Crippen LogP contribution is -2.09. The number of anilines is 2. The Morgan fingerprint density at radius 2 is 1.50 bits per heavy atom. The van der Waals surface area contributed by atoms with Crippen LogP contribution in [0.15, 0.2) is 91.3 Å². The van der Waals surface area contributed by atoms with Gasteiger partial charge in [0, 0.05) is 35.9 Å². The van der Waals surface area contributed by atoms with Crippen LogP contribution in [0.25, 0.3) is 22.2 Å². The van der Waals surface area contributed by atoms with Crippen LogP contribution in [0.1, 0.15) is 0 Å². The van der Waals surface area contributed by atoms with Gasteiger partial charge in [0.15, 0.2) is 23.1 Å². The number of benzene rings is 3. The summed E-state index contributed by atoms with van der Waals surface area (Å²) >= 11 is 0. The molecule has 2 heterocycles. The smallest absolute Gasteiger partial charge is 0.166 e. The fraction of sp³-hybridized carbons (Fsp3) is 0.103. The maximum atomic E-state index is 15.1. The minimum atomic E-state index is -0.495. The van der Waals surface area contributed by atoms with E-state index in [4.69, 9.17) is 14.2 Å². The van der Waals surface area contributed by atoms with Crippen LogP contribution in [0.3, 0.4) is 0 Å². The highest BCUT2D eigenvalue weighted by molar-refractivity contribution is 5.88. The third-order valence-electron chi connectivity index (χ3n) is 5.93. The molecule has 5 aromatic rings. The Morgan fingerprint density at radius 3 is 2.19 bits per heavy atom. The highest BCUT2D eigenvalue weighted by atomic mass is 19.1. The molecule has 0 spiro atoms. The van der Waals surface area contributed by atoms with E-state index in [-0.39, 0.29) is 5.75 Å². The molecule has 0 saturated heterocycles. The van der Waals surface area contributed by atoms with E-state index in [1.165, 1.54) is 6.07 Å². The van der Waals surface area contributed by atoms with Gasteiger partial charge in [0.25, 0.3) is 0 Å². The zero-order chi connectivity index (χ0) is 25.1. The molecule has 0 saturated carbocycles. The Labute approximate surface area is 208 Å². The van der Waals surface area contributed by atoms with Crippen molar-refractivity contribution in [2.24, 2.45) is 0 Å². The predicted molar refractivity (Wildman–Crippen MR) is 139 cm³/mol. The summed E-state index contributed by atoms with van der Waals surface area (Å²) in [7, 11) is 5.09. The quantitative estimate of drug-likeness (QED) is 0.249. The molecule has 0 bridgehead atoms. The first-order valence-corrected chi connectivity index (χ1v) is 11.3. The SMILES string of the molecule is COc1cc2nccc(Oc3ccc(-c4ccc(N(C)c5ccccc5)cn4)cc3F)c2cc1OC. The van der Waals surface area contributed by atoms with Crippen molar-refractivity contribution in [1.82, 2.24) is 9.97 Å². The Bertz CT molecular complexity index is 1510. The van der Waals surface area contributed by atoms with Gasteiger partial charge >= 0.3 is 0 Å². The summed E-state index contributed by atoms with van der Waals surface area (Å²) in [4.78, 5) is 10.9. The van der Waals surface area contributed by atoms with Crippen molar-refractivity contribution in [3.63, 3.8) is 0 Å². The largest absolute Gasteiger partial charge is 0.493 e. The maximum absolute atomic E-state index is 15.1. The van der Waals surface area contributed by atoms with Crippen LogP contribution in [0, 0.1) is 5.82 Å². The molecular formula is C29H24FN3O3. The molecule has 0 aliphatic rings. The van der Waals surface area contributed by atoms with Gasteiger partial charge in [-0.05, 0) is 54.6 Å². The van der Waals surface area contributed by atoms with Crippen molar-refractivity contribution >= 4 is 22.3 Å². The minimum Gasteiger partial charge on any atom is -0.493 e. The molecule has 3 aromatic carbocycles. The molecule has 0 unspecified atom stereocenters. The van der Waals surface area contributed by atoms with Crippen LogP contribution in [-0.2, 0) is 0 Å². The van der Waals surface area contributed by atoms with Crippen LogP contribution >= 0.6 is 0 Å². The summed E-state index contributed by atoms with van der Waals surface area (Å²) in [5, 5.41) is 0.679. The number of ether oxygens (including phenoxy) is 3. The summed E-state index contributed by atoms with van der Waals surface area (Å²) in [5.41, 5.74) is 3.95. The second-order valence-electron chi connectivity index (χ2n) is 8.08. The molecule has 36 heavy (non-hydrogen) atoms. The van der Waals surface area contributed by atoms with Crippen molar-refractivity contribution in [3.05, 3.63) is 97.1 Å². The molecule has 0 aliphatic heterocycles. The molecule has 0 radical (unpaired) electrons. The first-order chi connectivity index (χ1) is 17.6. The van der Waals surface area contributed by atoms with Crippen molar-refractivity contribution in [3.8, 4) is 34.3 Å². The molecule has 0 N–H and O–H groups in total. The monoisotopic (exact) mass is 481 g/mol. The summed E-state index contributed by atoms with van der Waals surface area (Å²) < 4.78 is 31.8. The molecule has 0 fully saturated rings. The summed E-state index contributed by atoms with van der Waals surface area (Å²) in [6.45, 7) is 0. The van der Waals surface area contributed by atoms with Gasteiger partial charge in [-0.2, -0.15) is 0 Å². The number of methoxy groups -OCH3 is 2. The van der Waals surface area contributed by atoms with E-state index in [2.05, 4.69) is 9.97 Å². The van der Waals surface area contributed by atoms with Crippen molar-refractivity contribution < 1.29 is 18.6 Å². The second-order valence-corrected chi connectivity index (χ2v) is 8.08. The third-order valence-corrected chi connectivity index (χ3v) is 5.93. The van der Waals surface area contributed by atoms with E-state index in [0.717, 1.165) is 11.4 Å². The van der Waals surface area contributed by atoms with Gasteiger partial charge in [0.1, 0.15) is 5.75 Å². The molecule has 2 aromatic heterocycles. The van der Waals surface area contributed by atoms with Crippen LogP contribution in [0.4, 0.5) is 15.8 Å². The van der Waals surface area contributed by atoms with E-state index >= 15 is 4.39 Å². The van der Waals surface area contributed by atoms with Crippen LogP contribution in [-0.4, -0.2) is 31.2 Å². The zero-order valence-electron chi connectivity index (χ0n) is 20.1. The minimum absolute atomic E-state index is 0.0986. The van der Waals surface area contributed by atoms with Crippen molar-refractivity contribution in [2.45, 2.75) is 0 Å².